The lowest BCUT2D eigenvalue weighted by molar-refractivity contribution is 0.668. The number of benzene rings is 12. The van der Waals surface area contributed by atoms with Crippen molar-refractivity contribution in [1.82, 2.24) is 9.13 Å². The van der Waals surface area contributed by atoms with Crippen LogP contribution in [0.15, 0.2) is 239 Å². The second kappa shape index (κ2) is 13.4. The summed E-state index contributed by atoms with van der Waals surface area (Å²) in [5.41, 5.74) is 20.0. The van der Waals surface area contributed by atoms with Crippen LogP contribution in [0.3, 0.4) is 0 Å². The largest absolute Gasteiger partial charge is 0.456 e. The Morgan fingerprint density at radius 3 is 1.16 bits per heavy atom. The van der Waals surface area contributed by atoms with Gasteiger partial charge in [-0.3, -0.25) is 0 Å². The third-order valence-electron chi connectivity index (χ3n) is 16.9. The topological polar surface area (TPSA) is 36.1 Å². The van der Waals surface area contributed by atoms with E-state index >= 15 is 0 Å². The molecule has 16 aromatic rings. The number of hydrogen-bond acceptors (Lipinski definition) is 2. The Kier molecular flexibility index (Phi) is 7.00. The van der Waals surface area contributed by atoms with Crippen LogP contribution in [0, 0.1) is 0 Å². The first kappa shape index (κ1) is 38.2. The van der Waals surface area contributed by atoms with Crippen molar-refractivity contribution in [3.63, 3.8) is 0 Å². The van der Waals surface area contributed by atoms with Crippen LogP contribution in [0.5, 0.6) is 0 Å². The lowest BCUT2D eigenvalue weighted by Crippen LogP contribution is -2.26. The van der Waals surface area contributed by atoms with Crippen LogP contribution in [0.2, 0.25) is 0 Å². The lowest BCUT2D eigenvalue weighted by atomic mass is 9.70. The minimum absolute atomic E-state index is 0.627. The van der Waals surface area contributed by atoms with Gasteiger partial charge in [-0.2, -0.15) is 0 Å². The second-order valence-corrected chi connectivity index (χ2v) is 20.3. The third-order valence-corrected chi connectivity index (χ3v) is 16.9. The summed E-state index contributed by atoms with van der Waals surface area (Å²) in [6.45, 7) is 0. The van der Waals surface area contributed by atoms with Gasteiger partial charge >= 0.3 is 0 Å². The molecule has 18 rings (SSSR count). The number of para-hydroxylation sites is 2. The molecule has 0 amide bonds. The number of fused-ring (bicyclic) bond motifs is 26. The Labute approximate surface area is 416 Å². The van der Waals surface area contributed by atoms with Gasteiger partial charge in [0, 0.05) is 66.6 Å². The van der Waals surface area contributed by atoms with Gasteiger partial charge in [-0.1, -0.05) is 146 Å². The molecule has 0 N–H and O–H groups in total. The summed E-state index contributed by atoms with van der Waals surface area (Å²) in [5.74, 6) is 0. The van der Waals surface area contributed by atoms with Crippen molar-refractivity contribution in [2.24, 2.45) is 0 Å². The molecule has 1 spiro atoms. The van der Waals surface area contributed by atoms with Crippen molar-refractivity contribution in [3.05, 3.63) is 253 Å². The molecule has 0 aliphatic heterocycles. The van der Waals surface area contributed by atoms with Crippen LogP contribution in [0.25, 0.3) is 143 Å². The van der Waals surface area contributed by atoms with Crippen LogP contribution in [0.4, 0.5) is 0 Å². The average Bonchev–Trinajstić information content (AvgIpc) is 4.36. The first-order valence-electron chi connectivity index (χ1n) is 25.2. The molecule has 0 saturated heterocycles. The molecule has 0 fully saturated rings. The van der Waals surface area contributed by atoms with Gasteiger partial charge in [0.15, 0.2) is 0 Å². The van der Waals surface area contributed by atoms with Crippen molar-refractivity contribution in [2.75, 3.05) is 0 Å². The van der Waals surface area contributed by atoms with Gasteiger partial charge in [0.2, 0.25) is 0 Å². The monoisotopic (exact) mass is 926 g/mol. The van der Waals surface area contributed by atoms with Crippen LogP contribution in [0.1, 0.15) is 22.3 Å². The minimum Gasteiger partial charge on any atom is -0.456 e. The summed E-state index contributed by atoms with van der Waals surface area (Å²) < 4.78 is 18.2. The van der Waals surface area contributed by atoms with Gasteiger partial charge in [0.1, 0.15) is 22.3 Å². The predicted molar refractivity (Wildman–Crippen MR) is 301 cm³/mol. The molecule has 0 saturated carbocycles. The minimum atomic E-state index is -0.627. The maximum atomic E-state index is 6.60. The van der Waals surface area contributed by atoms with Crippen LogP contribution in [-0.2, 0) is 5.41 Å². The molecule has 336 valence electrons. The highest BCUT2D eigenvalue weighted by atomic mass is 16.3. The Bertz CT molecular complexity index is 4850. The molecule has 73 heavy (non-hydrogen) atoms. The molecule has 4 heteroatoms. The number of nitrogens with zero attached hydrogens (tertiary/aromatic N) is 2. The molecule has 0 atom stereocenters. The van der Waals surface area contributed by atoms with Crippen molar-refractivity contribution in [1.29, 1.82) is 0 Å². The van der Waals surface area contributed by atoms with E-state index in [2.05, 4.69) is 228 Å². The van der Waals surface area contributed by atoms with Crippen molar-refractivity contribution in [2.45, 2.75) is 5.41 Å². The molecule has 2 aliphatic rings. The van der Waals surface area contributed by atoms with E-state index < -0.39 is 5.41 Å². The Hall–Kier alpha value is -9.64. The van der Waals surface area contributed by atoms with Crippen molar-refractivity contribution >= 4 is 109 Å². The summed E-state index contributed by atoms with van der Waals surface area (Å²) in [6, 6.07) is 85.7. The maximum Gasteiger partial charge on any atom is 0.137 e. The molecule has 4 nitrogen and oxygen atoms in total. The predicted octanol–water partition coefficient (Wildman–Crippen LogP) is 18.3. The van der Waals surface area contributed by atoms with Gasteiger partial charge in [-0.25, -0.2) is 0 Å². The average molecular weight is 927 g/mol. The lowest BCUT2D eigenvalue weighted by Gasteiger charge is -2.30. The first-order chi connectivity index (χ1) is 36.2. The fourth-order valence-electron chi connectivity index (χ4n) is 14.0. The molecular weight excluding hydrogens is 889 g/mol. The molecule has 4 aromatic heterocycles. The normalized spacial score (nSPS) is 13.6. The molecule has 0 radical (unpaired) electrons. The highest BCUT2D eigenvalue weighted by molar-refractivity contribution is 6.25. The smallest absolute Gasteiger partial charge is 0.137 e. The molecule has 0 unspecified atom stereocenters. The zero-order valence-electron chi connectivity index (χ0n) is 39.2. The standard InChI is InChI=1S/C69H38N2O2/c1-3-15-43-39(13-1)25-31-59-67(43)53-35-51-52-36-54-62(71(60-32-26-40-14-2-4-16-44(40)68(54)60)42-28-30-50-48-20-8-12-24-64(48)73-66(50)34-42)38-58(52)69(55-21-9-5-17-45(55)46-18-6-10-22-56(46)69)57(51)37-61(53)70(59)41-27-29-49-47-19-7-11-23-63(47)72-65(49)33-41/h1-38H. The van der Waals surface area contributed by atoms with Crippen molar-refractivity contribution in [3.8, 4) is 33.6 Å². The SMILES string of the molecule is c1ccc2c(c1)-c1ccccc1C21c2cc3c(cc2-c2cc4c5c6ccccc6ccc5n(-c5ccc6c(c5)oc5ccccc56)c4cc21)c1c2ccccc2ccc1n3-c1ccc2c(c1)oc1ccccc12. The summed E-state index contributed by atoms with van der Waals surface area (Å²) in [6.07, 6.45) is 0. The number of hydrogen-bond donors (Lipinski definition) is 0. The molecule has 12 aromatic carbocycles. The molecular formula is C69H38N2O2. The summed E-state index contributed by atoms with van der Waals surface area (Å²) in [7, 11) is 0. The summed E-state index contributed by atoms with van der Waals surface area (Å²) in [5, 5.41) is 14.4. The van der Waals surface area contributed by atoms with Gasteiger partial charge in [-0.05, 0) is 139 Å². The van der Waals surface area contributed by atoms with E-state index in [1.54, 1.807) is 0 Å². The zero-order chi connectivity index (χ0) is 47.3. The van der Waals surface area contributed by atoms with Gasteiger partial charge in [0.25, 0.3) is 0 Å². The van der Waals surface area contributed by atoms with Gasteiger partial charge < -0.3 is 18.0 Å². The van der Waals surface area contributed by atoms with Crippen LogP contribution < -0.4 is 0 Å². The van der Waals surface area contributed by atoms with Gasteiger partial charge in [-0.15, -0.1) is 0 Å². The van der Waals surface area contributed by atoms with Crippen molar-refractivity contribution < 1.29 is 8.83 Å². The summed E-state index contributed by atoms with van der Waals surface area (Å²) >= 11 is 0. The molecule has 2 aliphatic carbocycles. The highest BCUT2D eigenvalue weighted by Gasteiger charge is 2.52. The Balaban J connectivity index is 1.01. The highest BCUT2D eigenvalue weighted by Crippen LogP contribution is 2.64. The maximum absolute atomic E-state index is 6.60. The molecule has 4 heterocycles. The fraction of sp³-hybridized carbons (Fsp3) is 0.0145. The van der Waals surface area contributed by atoms with E-state index in [-0.39, 0.29) is 0 Å². The first-order valence-corrected chi connectivity index (χ1v) is 25.2. The van der Waals surface area contributed by atoms with E-state index in [4.69, 9.17) is 8.83 Å². The van der Waals surface area contributed by atoms with E-state index in [0.29, 0.717) is 0 Å². The third kappa shape index (κ3) is 4.68. The van der Waals surface area contributed by atoms with Crippen LogP contribution in [-0.4, -0.2) is 9.13 Å². The summed E-state index contributed by atoms with van der Waals surface area (Å²) in [4.78, 5) is 0. The fourth-order valence-corrected chi connectivity index (χ4v) is 14.0. The van der Waals surface area contributed by atoms with E-state index in [1.807, 2.05) is 12.1 Å². The number of furan rings is 2. The van der Waals surface area contributed by atoms with E-state index in [9.17, 15) is 0 Å². The second-order valence-electron chi connectivity index (χ2n) is 20.3. The van der Waals surface area contributed by atoms with Gasteiger partial charge in [0.05, 0.1) is 27.5 Å². The van der Waals surface area contributed by atoms with E-state index in [0.717, 1.165) is 55.3 Å². The Morgan fingerprint density at radius 2 is 0.671 bits per heavy atom. The number of aromatic nitrogens is 2. The quantitative estimate of drug-likeness (QED) is 0.173. The Morgan fingerprint density at radius 1 is 0.260 bits per heavy atom. The number of rotatable bonds is 2. The van der Waals surface area contributed by atoms with Crippen LogP contribution >= 0.6 is 0 Å². The molecule has 0 bridgehead atoms. The van der Waals surface area contributed by atoms with E-state index in [1.165, 1.54) is 110 Å². The zero-order valence-corrected chi connectivity index (χ0v) is 39.2.